The summed E-state index contributed by atoms with van der Waals surface area (Å²) in [5.74, 6) is 0.535. The highest BCUT2D eigenvalue weighted by molar-refractivity contribution is 7.98. The minimum Gasteiger partial charge on any atom is -0.423 e. The molecule has 3 aromatic heterocycles. The molecule has 26 heavy (non-hydrogen) atoms. The Bertz CT molecular complexity index is 1240. The lowest BCUT2D eigenvalue weighted by molar-refractivity contribution is 0.559. The third-order valence-corrected chi connectivity index (χ3v) is 6.11. The van der Waals surface area contributed by atoms with E-state index in [-0.39, 0.29) is 11.2 Å². The van der Waals surface area contributed by atoms with Gasteiger partial charge in [-0.3, -0.25) is 9.36 Å². The Morgan fingerprint density at radius 2 is 2.08 bits per heavy atom. The van der Waals surface area contributed by atoms with Gasteiger partial charge in [0.15, 0.2) is 5.16 Å². The Balaban J connectivity index is 1.76. The summed E-state index contributed by atoms with van der Waals surface area (Å²) in [6.45, 7) is 4.45. The largest absolute Gasteiger partial charge is 0.423 e. The summed E-state index contributed by atoms with van der Waals surface area (Å²) in [4.78, 5) is 29.1. The molecule has 132 valence electrons. The van der Waals surface area contributed by atoms with E-state index in [0.29, 0.717) is 27.7 Å². The van der Waals surface area contributed by atoms with Crippen molar-refractivity contribution in [3.05, 3.63) is 67.6 Å². The van der Waals surface area contributed by atoms with Crippen LogP contribution < -0.4 is 11.2 Å². The Morgan fingerprint density at radius 3 is 2.88 bits per heavy atom. The van der Waals surface area contributed by atoms with Crippen LogP contribution in [-0.2, 0) is 12.3 Å². The van der Waals surface area contributed by atoms with E-state index >= 15 is 0 Å². The molecule has 0 aliphatic rings. The average Bonchev–Trinajstić information content (AvgIpc) is 3.08. The van der Waals surface area contributed by atoms with Gasteiger partial charge in [-0.25, -0.2) is 9.78 Å². The van der Waals surface area contributed by atoms with Gasteiger partial charge in [-0.05, 0) is 42.5 Å². The summed E-state index contributed by atoms with van der Waals surface area (Å²) in [6.07, 6.45) is 0. The monoisotopic (exact) mass is 384 g/mol. The van der Waals surface area contributed by atoms with Gasteiger partial charge in [0.2, 0.25) is 0 Å². The second-order valence-corrected chi connectivity index (χ2v) is 7.82. The van der Waals surface area contributed by atoms with E-state index in [0.717, 1.165) is 22.0 Å². The average molecular weight is 384 g/mol. The van der Waals surface area contributed by atoms with Gasteiger partial charge in [-0.15, -0.1) is 11.3 Å². The third-order valence-electron chi connectivity index (χ3n) is 4.19. The van der Waals surface area contributed by atoms with E-state index in [1.165, 1.54) is 29.2 Å². The van der Waals surface area contributed by atoms with Gasteiger partial charge < -0.3 is 4.42 Å². The van der Waals surface area contributed by atoms with Crippen molar-refractivity contribution in [2.45, 2.75) is 31.3 Å². The van der Waals surface area contributed by atoms with E-state index in [4.69, 9.17) is 4.42 Å². The molecule has 4 rings (SSSR count). The van der Waals surface area contributed by atoms with Crippen LogP contribution in [0.4, 0.5) is 0 Å². The van der Waals surface area contributed by atoms with Gasteiger partial charge in [0.25, 0.3) is 5.56 Å². The molecule has 4 aromatic rings. The predicted octanol–water partition coefficient (Wildman–Crippen LogP) is 4.19. The van der Waals surface area contributed by atoms with Crippen molar-refractivity contribution in [3.8, 4) is 0 Å². The van der Waals surface area contributed by atoms with Crippen molar-refractivity contribution in [2.75, 3.05) is 0 Å². The summed E-state index contributed by atoms with van der Waals surface area (Å²) in [5.41, 5.74) is 2.84. The predicted molar refractivity (Wildman–Crippen MR) is 106 cm³/mol. The number of hydrogen-bond donors (Lipinski definition) is 0. The highest BCUT2D eigenvalue weighted by Crippen LogP contribution is 2.27. The van der Waals surface area contributed by atoms with E-state index in [2.05, 4.69) is 4.98 Å². The first-order valence-corrected chi connectivity index (χ1v) is 10.1. The number of fused-ring (bicyclic) bond motifs is 2. The number of rotatable bonds is 4. The van der Waals surface area contributed by atoms with Crippen LogP contribution in [0.3, 0.4) is 0 Å². The molecule has 0 fully saturated rings. The Labute approximate surface area is 157 Å². The molecule has 0 aliphatic heterocycles. The van der Waals surface area contributed by atoms with Gasteiger partial charge in [0, 0.05) is 23.8 Å². The van der Waals surface area contributed by atoms with Crippen molar-refractivity contribution >= 4 is 44.3 Å². The number of thioether (sulfide) groups is 1. The van der Waals surface area contributed by atoms with E-state index in [1.54, 1.807) is 4.57 Å². The summed E-state index contributed by atoms with van der Waals surface area (Å²) in [5, 5.41) is 3.45. The maximum atomic E-state index is 12.6. The number of thiophene rings is 1. The molecule has 0 saturated carbocycles. The number of nitrogens with zero attached hydrogens (tertiary/aromatic N) is 2. The molecule has 0 amide bonds. The zero-order valence-corrected chi connectivity index (χ0v) is 15.9. The summed E-state index contributed by atoms with van der Waals surface area (Å²) >= 11 is 2.87. The molecule has 3 heterocycles. The van der Waals surface area contributed by atoms with Gasteiger partial charge in [-0.1, -0.05) is 23.9 Å². The first-order valence-electron chi connectivity index (χ1n) is 8.21. The topological polar surface area (TPSA) is 65.1 Å². The standard InChI is InChI=1S/C19H16N2O3S2/c1-3-21-18(23)17-14(6-7-25-17)20-19(21)26-10-12-9-16(22)24-15-8-11(2)4-5-13(12)15/h4-9H,3,10H2,1-2H3. The van der Waals surface area contributed by atoms with Crippen LogP contribution in [0.2, 0.25) is 0 Å². The molecule has 7 heteroatoms. The van der Waals surface area contributed by atoms with E-state index < -0.39 is 0 Å². The summed E-state index contributed by atoms with van der Waals surface area (Å²) in [7, 11) is 0. The first-order chi connectivity index (χ1) is 12.6. The highest BCUT2D eigenvalue weighted by atomic mass is 32.2. The molecule has 0 unspecified atom stereocenters. The van der Waals surface area contributed by atoms with Crippen LogP contribution in [0.15, 0.2) is 54.9 Å². The highest BCUT2D eigenvalue weighted by Gasteiger charge is 2.13. The minimum absolute atomic E-state index is 0.0111. The molecule has 5 nitrogen and oxygen atoms in total. The van der Waals surface area contributed by atoms with Gasteiger partial charge >= 0.3 is 5.63 Å². The van der Waals surface area contributed by atoms with Crippen molar-refractivity contribution in [2.24, 2.45) is 0 Å². The van der Waals surface area contributed by atoms with Gasteiger partial charge in [0.1, 0.15) is 10.3 Å². The van der Waals surface area contributed by atoms with Crippen LogP contribution in [0, 0.1) is 6.92 Å². The number of benzene rings is 1. The number of aromatic nitrogens is 2. The molecule has 0 saturated heterocycles. The van der Waals surface area contributed by atoms with E-state index in [9.17, 15) is 9.59 Å². The molecule has 0 aliphatic carbocycles. The molecule has 0 radical (unpaired) electrons. The first kappa shape index (κ1) is 17.1. The number of aryl methyl sites for hydroxylation is 1. The smallest absolute Gasteiger partial charge is 0.336 e. The zero-order valence-electron chi connectivity index (χ0n) is 14.3. The number of hydrogen-bond acceptors (Lipinski definition) is 6. The van der Waals surface area contributed by atoms with Crippen molar-refractivity contribution < 1.29 is 4.42 Å². The third kappa shape index (κ3) is 2.97. The fourth-order valence-electron chi connectivity index (χ4n) is 2.91. The quantitative estimate of drug-likeness (QED) is 0.300. The maximum absolute atomic E-state index is 12.6. The van der Waals surface area contributed by atoms with Crippen LogP contribution in [0.1, 0.15) is 18.1 Å². The second kappa shape index (κ2) is 6.74. The summed E-state index contributed by atoms with van der Waals surface area (Å²) < 4.78 is 7.67. The van der Waals surface area contributed by atoms with Crippen molar-refractivity contribution in [1.82, 2.24) is 9.55 Å². The summed E-state index contributed by atoms with van der Waals surface area (Å²) in [6, 6.07) is 9.20. The van der Waals surface area contributed by atoms with Crippen LogP contribution in [0.25, 0.3) is 21.2 Å². The Kier molecular flexibility index (Phi) is 4.42. The Hall–Kier alpha value is -2.38. The lowest BCUT2D eigenvalue weighted by Crippen LogP contribution is -2.21. The zero-order chi connectivity index (χ0) is 18.3. The van der Waals surface area contributed by atoms with Crippen LogP contribution >= 0.6 is 23.1 Å². The molecule has 0 N–H and O–H groups in total. The lowest BCUT2D eigenvalue weighted by atomic mass is 10.1. The minimum atomic E-state index is -0.368. The normalized spacial score (nSPS) is 11.5. The maximum Gasteiger partial charge on any atom is 0.336 e. The molecular weight excluding hydrogens is 368 g/mol. The van der Waals surface area contributed by atoms with Crippen LogP contribution in [0.5, 0.6) is 0 Å². The Morgan fingerprint density at radius 1 is 1.23 bits per heavy atom. The van der Waals surface area contributed by atoms with Crippen molar-refractivity contribution in [1.29, 1.82) is 0 Å². The molecule has 0 spiro atoms. The van der Waals surface area contributed by atoms with E-state index in [1.807, 2.05) is 43.5 Å². The molecule has 0 bridgehead atoms. The fraction of sp³-hybridized carbons (Fsp3) is 0.211. The van der Waals surface area contributed by atoms with Gasteiger partial charge in [0.05, 0.1) is 5.52 Å². The SMILES string of the molecule is CCn1c(SCc2cc(=O)oc3cc(C)ccc23)nc2ccsc2c1=O. The molecule has 1 aromatic carbocycles. The van der Waals surface area contributed by atoms with Crippen LogP contribution in [-0.4, -0.2) is 9.55 Å². The molecular formula is C19H16N2O3S2. The fourth-order valence-corrected chi connectivity index (χ4v) is 4.74. The molecule has 0 atom stereocenters. The van der Waals surface area contributed by atoms with Gasteiger partial charge in [-0.2, -0.15) is 0 Å². The lowest BCUT2D eigenvalue weighted by Gasteiger charge is -2.10. The second-order valence-electron chi connectivity index (χ2n) is 5.96. The van der Waals surface area contributed by atoms with Crippen molar-refractivity contribution in [3.63, 3.8) is 0 Å².